The third-order valence-electron chi connectivity index (χ3n) is 6.14. The number of para-hydroxylation sites is 1. The number of aromatic nitrogens is 1. The number of piperidine rings is 1. The number of benzene rings is 2. The van der Waals surface area contributed by atoms with Crippen molar-refractivity contribution in [1.82, 2.24) is 9.88 Å². The van der Waals surface area contributed by atoms with Gasteiger partial charge in [-0.25, -0.2) is 9.78 Å². The van der Waals surface area contributed by atoms with Crippen molar-refractivity contribution in [2.24, 2.45) is 0 Å². The molecule has 34 heavy (non-hydrogen) atoms. The Hall–Kier alpha value is -3.41. The van der Waals surface area contributed by atoms with Gasteiger partial charge in [0.1, 0.15) is 11.4 Å². The highest BCUT2D eigenvalue weighted by atomic mass is 16.6. The van der Waals surface area contributed by atoms with Crippen molar-refractivity contribution >= 4 is 22.8 Å². The minimum Gasteiger partial charge on any atom is -0.476 e. The van der Waals surface area contributed by atoms with Gasteiger partial charge in [-0.15, -0.1) is 0 Å². The molecule has 0 aliphatic carbocycles. The Morgan fingerprint density at radius 2 is 1.74 bits per heavy atom. The standard InChI is InChI=1S/C28H32N2O4/c1-19(2)33-27(32)28(3,4)34-23-10-7-9-22(18-23)20-14-16-30(17-15-20)26(31)25-13-12-21-8-5-6-11-24(21)29-25/h5-13,18-20H,14-17H2,1-4H3. The Labute approximate surface area is 200 Å². The maximum atomic E-state index is 13.0. The van der Waals surface area contributed by atoms with Crippen LogP contribution >= 0.6 is 0 Å². The van der Waals surface area contributed by atoms with E-state index in [2.05, 4.69) is 11.1 Å². The van der Waals surface area contributed by atoms with Gasteiger partial charge in [-0.1, -0.05) is 36.4 Å². The number of carbonyl (C=O) groups is 2. The largest absolute Gasteiger partial charge is 0.476 e. The fourth-order valence-electron chi connectivity index (χ4n) is 4.29. The number of esters is 1. The summed E-state index contributed by atoms with van der Waals surface area (Å²) in [4.78, 5) is 31.9. The second kappa shape index (κ2) is 9.84. The van der Waals surface area contributed by atoms with Crippen LogP contribution in [0.5, 0.6) is 5.75 Å². The number of hydrogen-bond donors (Lipinski definition) is 0. The van der Waals surface area contributed by atoms with Gasteiger partial charge in [-0.2, -0.15) is 0 Å². The zero-order valence-corrected chi connectivity index (χ0v) is 20.3. The SMILES string of the molecule is CC(C)OC(=O)C(C)(C)Oc1cccc(C2CCN(C(=O)c3ccc4ccccc4n3)CC2)c1. The summed E-state index contributed by atoms with van der Waals surface area (Å²) in [6.07, 6.45) is 1.53. The molecule has 2 aromatic carbocycles. The predicted molar refractivity (Wildman–Crippen MR) is 132 cm³/mol. The lowest BCUT2D eigenvalue weighted by atomic mass is 9.89. The van der Waals surface area contributed by atoms with Gasteiger partial charge in [-0.3, -0.25) is 4.79 Å². The van der Waals surface area contributed by atoms with E-state index in [1.165, 1.54) is 0 Å². The molecule has 0 radical (unpaired) electrons. The Bertz CT molecular complexity index is 1180. The van der Waals surface area contributed by atoms with E-state index in [1.54, 1.807) is 13.8 Å². The average Bonchev–Trinajstić information content (AvgIpc) is 2.83. The molecule has 1 aliphatic heterocycles. The van der Waals surface area contributed by atoms with Gasteiger partial charge in [-0.05, 0) is 76.3 Å². The number of likely N-dealkylation sites (tertiary alicyclic amines) is 1. The maximum Gasteiger partial charge on any atom is 0.350 e. The van der Waals surface area contributed by atoms with E-state index in [-0.39, 0.29) is 18.0 Å². The van der Waals surface area contributed by atoms with Gasteiger partial charge < -0.3 is 14.4 Å². The molecule has 1 aliphatic rings. The van der Waals surface area contributed by atoms with Crippen LogP contribution in [-0.4, -0.2) is 46.6 Å². The summed E-state index contributed by atoms with van der Waals surface area (Å²) in [5.41, 5.74) is 1.40. The van der Waals surface area contributed by atoms with Crippen molar-refractivity contribution in [3.8, 4) is 5.75 Å². The normalized spacial score (nSPS) is 14.9. The third kappa shape index (κ3) is 5.38. The summed E-state index contributed by atoms with van der Waals surface area (Å²) < 4.78 is 11.3. The number of fused-ring (bicyclic) bond motifs is 1. The molecular formula is C28H32N2O4. The summed E-state index contributed by atoms with van der Waals surface area (Å²) in [6.45, 7) is 8.43. The monoisotopic (exact) mass is 460 g/mol. The summed E-state index contributed by atoms with van der Waals surface area (Å²) in [6, 6.07) is 19.5. The molecular weight excluding hydrogens is 428 g/mol. The fourth-order valence-corrected chi connectivity index (χ4v) is 4.29. The average molecular weight is 461 g/mol. The predicted octanol–water partition coefficient (Wildman–Crippen LogP) is 5.36. The number of nitrogens with zero attached hydrogens (tertiary/aromatic N) is 2. The molecule has 1 aromatic heterocycles. The molecule has 1 amide bonds. The van der Waals surface area contributed by atoms with Crippen LogP contribution in [0.3, 0.4) is 0 Å². The van der Waals surface area contributed by atoms with Crippen molar-refractivity contribution in [2.75, 3.05) is 13.1 Å². The maximum absolute atomic E-state index is 13.0. The highest BCUT2D eigenvalue weighted by Crippen LogP contribution is 2.32. The topological polar surface area (TPSA) is 68.7 Å². The van der Waals surface area contributed by atoms with E-state index in [0.717, 1.165) is 29.3 Å². The zero-order chi connectivity index (χ0) is 24.3. The van der Waals surface area contributed by atoms with Crippen molar-refractivity contribution < 1.29 is 19.1 Å². The Morgan fingerprint density at radius 1 is 1.00 bits per heavy atom. The van der Waals surface area contributed by atoms with Crippen molar-refractivity contribution in [3.05, 3.63) is 71.9 Å². The number of amides is 1. The minimum absolute atomic E-state index is 0.0216. The van der Waals surface area contributed by atoms with Crippen LogP contribution in [0.2, 0.25) is 0 Å². The third-order valence-corrected chi connectivity index (χ3v) is 6.14. The van der Waals surface area contributed by atoms with Gasteiger partial charge in [0.15, 0.2) is 5.60 Å². The summed E-state index contributed by atoms with van der Waals surface area (Å²) >= 11 is 0. The van der Waals surface area contributed by atoms with Crippen molar-refractivity contribution in [1.29, 1.82) is 0 Å². The smallest absolute Gasteiger partial charge is 0.350 e. The highest BCUT2D eigenvalue weighted by Gasteiger charge is 2.33. The number of hydrogen-bond acceptors (Lipinski definition) is 5. The van der Waals surface area contributed by atoms with Crippen LogP contribution in [-0.2, 0) is 9.53 Å². The molecule has 0 unspecified atom stereocenters. The number of carbonyl (C=O) groups excluding carboxylic acids is 2. The molecule has 1 fully saturated rings. The first-order valence-electron chi connectivity index (χ1n) is 11.9. The first kappa shape index (κ1) is 23.7. The molecule has 0 spiro atoms. The number of pyridine rings is 1. The van der Waals surface area contributed by atoms with E-state index < -0.39 is 5.60 Å². The Morgan fingerprint density at radius 3 is 2.47 bits per heavy atom. The molecule has 0 atom stereocenters. The molecule has 6 heteroatoms. The molecule has 6 nitrogen and oxygen atoms in total. The molecule has 4 rings (SSSR count). The first-order valence-corrected chi connectivity index (χ1v) is 11.9. The lowest BCUT2D eigenvalue weighted by Gasteiger charge is -2.32. The van der Waals surface area contributed by atoms with E-state index in [4.69, 9.17) is 9.47 Å². The molecule has 1 saturated heterocycles. The molecule has 0 saturated carbocycles. The van der Waals surface area contributed by atoms with Crippen LogP contribution in [0.1, 0.15) is 62.5 Å². The van der Waals surface area contributed by atoms with E-state index in [1.807, 2.05) is 73.3 Å². The quantitative estimate of drug-likeness (QED) is 0.463. The second-order valence-electron chi connectivity index (χ2n) is 9.59. The highest BCUT2D eigenvalue weighted by molar-refractivity contribution is 5.95. The Kier molecular flexibility index (Phi) is 6.87. The number of rotatable bonds is 6. The van der Waals surface area contributed by atoms with Gasteiger partial charge >= 0.3 is 5.97 Å². The molecule has 0 bridgehead atoms. The first-order chi connectivity index (χ1) is 16.2. The lowest BCUT2D eigenvalue weighted by Crippen LogP contribution is -2.41. The fraction of sp³-hybridized carbons (Fsp3) is 0.393. The van der Waals surface area contributed by atoms with Crippen LogP contribution in [0.25, 0.3) is 10.9 Å². The van der Waals surface area contributed by atoms with Crippen LogP contribution < -0.4 is 4.74 Å². The van der Waals surface area contributed by atoms with E-state index in [9.17, 15) is 9.59 Å². The van der Waals surface area contributed by atoms with Crippen molar-refractivity contribution in [2.45, 2.75) is 58.2 Å². The van der Waals surface area contributed by atoms with Gasteiger partial charge in [0.05, 0.1) is 11.6 Å². The number of ether oxygens (including phenoxy) is 2. The van der Waals surface area contributed by atoms with Gasteiger partial charge in [0, 0.05) is 18.5 Å². The minimum atomic E-state index is -1.08. The van der Waals surface area contributed by atoms with Gasteiger partial charge in [0.25, 0.3) is 5.91 Å². The van der Waals surface area contributed by atoms with Crippen LogP contribution in [0.4, 0.5) is 0 Å². The van der Waals surface area contributed by atoms with Crippen LogP contribution in [0.15, 0.2) is 60.7 Å². The molecule has 178 valence electrons. The lowest BCUT2D eigenvalue weighted by molar-refractivity contribution is -0.163. The van der Waals surface area contributed by atoms with Crippen molar-refractivity contribution in [3.63, 3.8) is 0 Å². The summed E-state index contributed by atoms with van der Waals surface area (Å²) in [5, 5.41) is 1.03. The van der Waals surface area contributed by atoms with E-state index >= 15 is 0 Å². The molecule has 3 aromatic rings. The zero-order valence-electron chi connectivity index (χ0n) is 20.3. The summed E-state index contributed by atoms with van der Waals surface area (Å²) in [5.74, 6) is 0.554. The molecule has 2 heterocycles. The molecule has 0 N–H and O–H groups in total. The van der Waals surface area contributed by atoms with Gasteiger partial charge in [0.2, 0.25) is 0 Å². The Balaban J connectivity index is 1.39. The van der Waals surface area contributed by atoms with Crippen LogP contribution in [0, 0.1) is 0 Å². The van der Waals surface area contributed by atoms with E-state index in [0.29, 0.717) is 30.5 Å². The second-order valence-corrected chi connectivity index (χ2v) is 9.59. The summed E-state index contributed by atoms with van der Waals surface area (Å²) in [7, 11) is 0.